The molecule has 4 aromatic rings. The van der Waals surface area contributed by atoms with E-state index in [2.05, 4.69) is 15.3 Å². The van der Waals surface area contributed by atoms with E-state index in [0.29, 0.717) is 33.8 Å². The molecule has 5 nitrogen and oxygen atoms in total. The highest BCUT2D eigenvalue weighted by molar-refractivity contribution is 5.97. The van der Waals surface area contributed by atoms with Gasteiger partial charge in [0.1, 0.15) is 17.0 Å². The van der Waals surface area contributed by atoms with Gasteiger partial charge in [0.2, 0.25) is 5.89 Å². The molecule has 1 amide bonds. The molecule has 4 rings (SSSR count). The van der Waals surface area contributed by atoms with Crippen molar-refractivity contribution in [2.45, 2.75) is 6.54 Å². The van der Waals surface area contributed by atoms with E-state index in [0.717, 1.165) is 0 Å². The second-order valence-electron chi connectivity index (χ2n) is 5.69. The van der Waals surface area contributed by atoms with Gasteiger partial charge in [-0.15, -0.1) is 0 Å². The molecule has 0 aliphatic rings. The molecule has 6 heteroatoms. The molecular weight excluding hydrogens is 333 g/mol. The fourth-order valence-electron chi connectivity index (χ4n) is 2.59. The maximum absolute atomic E-state index is 13.6. The van der Waals surface area contributed by atoms with Crippen molar-refractivity contribution in [3.63, 3.8) is 0 Å². The Morgan fingerprint density at radius 2 is 1.92 bits per heavy atom. The summed E-state index contributed by atoms with van der Waals surface area (Å²) >= 11 is 0. The molecule has 0 aliphatic carbocycles. The summed E-state index contributed by atoms with van der Waals surface area (Å²) in [6, 6.07) is 16.8. The van der Waals surface area contributed by atoms with Crippen LogP contribution in [0.4, 0.5) is 4.39 Å². The topological polar surface area (TPSA) is 68.0 Å². The third-order valence-electron chi connectivity index (χ3n) is 3.93. The average Bonchev–Trinajstić information content (AvgIpc) is 3.11. The van der Waals surface area contributed by atoms with Crippen LogP contribution in [0.5, 0.6) is 0 Å². The summed E-state index contributed by atoms with van der Waals surface area (Å²) in [6.45, 7) is 0.113. The fourth-order valence-corrected chi connectivity index (χ4v) is 2.59. The molecule has 26 heavy (non-hydrogen) atoms. The summed E-state index contributed by atoms with van der Waals surface area (Å²) in [6.07, 6.45) is 1.66. The van der Waals surface area contributed by atoms with Crippen LogP contribution in [-0.4, -0.2) is 15.9 Å². The number of hydrogen-bond acceptors (Lipinski definition) is 4. The van der Waals surface area contributed by atoms with Crippen molar-refractivity contribution < 1.29 is 13.6 Å². The number of hydrogen-bond donors (Lipinski definition) is 1. The van der Waals surface area contributed by atoms with Crippen LogP contribution in [-0.2, 0) is 6.54 Å². The largest absolute Gasteiger partial charge is 0.435 e. The molecule has 2 aromatic heterocycles. The Morgan fingerprint density at radius 1 is 1.08 bits per heavy atom. The van der Waals surface area contributed by atoms with E-state index in [1.807, 2.05) is 12.1 Å². The molecule has 2 aromatic carbocycles. The van der Waals surface area contributed by atoms with Crippen LogP contribution in [0.3, 0.4) is 0 Å². The Labute approximate surface area is 148 Å². The van der Waals surface area contributed by atoms with Gasteiger partial charge in [-0.25, -0.2) is 9.37 Å². The number of carbonyl (C=O) groups excluding carboxylic acids is 1. The monoisotopic (exact) mass is 347 g/mol. The minimum absolute atomic E-state index is 0.113. The molecule has 0 saturated heterocycles. The summed E-state index contributed by atoms with van der Waals surface area (Å²) < 4.78 is 19.3. The lowest BCUT2D eigenvalue weighted by molar-refractivity contribution is 0.0950. The molecule has 0 aliphatic heterocycles. The first-order valence-corrected chi connectivity index (χ1v) is 8.04. The number of pyridine rings is 1. The van der Waals surface area contributed by atoms with E-state index in [9.17, 15) is 9.18 Å². The van der Waals surface area contributed by atoms with Gasteiger partial charge in [0.05, 0.1) is 0 Å². The van der Waals surface area contributed by atoms with Gasteiger partial charge in [-0.1, -0.05) is 24.3 Å². The van der Waals surface area contributed by atoms with E-state index in [4.69, 9.17) is 4.42 Å². The first-order chi connectivity index (χ1) is 12.7. The molecule has 0 saturated carbocycles. The number of aromatic nitrogens is 2. The molecule has 128 valence electrons. The van der Waals surface area contributed by atoms with Crippen LogP contribution in [0.2, 0.25) is 0 Å². The minimum atomic E-state index is -0.347. The van der Waals surface area contributed by atoms with E-state index in [1.165, 1.54) is 6.07 Å². The summed E-state index contributed by atoms with van der Waals surface area (Å²) in [5.74, 6) is -0.262. The highest BCUT2D eigenvalue weighted by atomic mass is 19.1. The standard InChI is InChI=1S/C20H14FN3O2/c21-15-6-2-1-5-14(15)12-23-19(25)13-8-9-18-17(11-13)24-20(26-18)16-7-3-4-10-22-16/h1-11H,12H2,(H,23,25). The number of nitrogens with zero attached hydrogens (tertiary/aromatic N) is 2. The molecule has 0 spiro atoms. The molecule has 1 N–H and O–H groups in total. The van der Waals surface area contributed by atoms with E-state index in [-0.39, 0.29) is 18.3 Å². The quantitative estimate of drug-likeness (QED) is 0.607. The minimum Gasteiger partial charge on any atom is -0.435 e. The lowest BCUT2D eigenvalue weighted by atomic mass is 10.1. The molecule has 0 fully saturated rings. The number of carbonyl (C=O) groups is 1. The predicted molar refractivity (Wildman–Crippen MR) is 94.8 cm³/mol. The second-order valence-corrected chi connectivity index (χ2v) is 5.69. The van der Waals surface area contributed by atoms with Crippen molar-refractivity contribution in [3.05, 3.63) is 83.8 Å². The second kappa shape index (κ2) is 6.76. The molecular formula is C20H14FN3O2. The van der Waals surface area contributed by atoms with Gasteiger partial charge < -0.3 is 9.73 Å². The maximum Gasteiger partial charge on any atom is 0.251 e. The van der Waals surface area contributed by atoms with Crippen LogP contribution in [0.15, 0.2) is 71.3 Å². The molecule has 0 bridgehead atoms. The number of nitrogens with one attached hydrogen (secondary N) is 1. The summed E-state index contributed by atoms with van der Waals surface area (Å²) in [4.78, 5) is 20.9. The summed E-state index contributed by atoms with van der Waals surface area (Å²) in [5, 5.41) is 2.71. The van der Waals surface area contributed by atoms with E-state index in [1.54, 1.807) is 48.7 Å². The molecule has 0 unspecified atom stereocenters. The Morgan fingerprint density at radius 3 is 2.73 bits per heavy atom. The van der Waals surface area contributed by atoms with Crippen molar-refractivity contribution in [3.8, 4) is 11.6 Å². The van der Waals surface area contributed by atoms with Crippen molar-refractivity contribution >= 4 is 17.0 Å². The van der Waals surface area contributed by atoms with Gasteiger partial charge >= 0.3 is 0 Å². The number of halogens is 1. The van der Waals surface area contributed by atoms with Crippen LogP contribution < -0.4 is 5.32 Å². The van der Waals surface area contributed by atoms with Crippen LogP contribution in [0, 0.1) is 5.82 Å². The summed E-state index contributed by atoms with van der Waals surface area (Å²) in [5.41, 5.74) is 2.60. The van der Waals surface area contributed by atoms with Crippen molar-refractivity contribution in [2.75, 3.05) is 0 Å². The molecule has 2 heterocycles. The zero-order valence-corrected chi connectivity index (χ0v) is 13.6. The molecule has 0 radical (unpaired) electrons. The van der Waals surface area contributed by atoms with Gasteiger partial charge in [-0.05, 0) is 36.4 Å². The van der Waals surface area contributed by atoms with Crippen molar-refractivity contribution in [2.24, 2.45) is 0 Å². The maximum atomic E-state index is 13.6. The number of oxazole rings is 1. The lowest BCUT2D eigenvalue weighted by Gasteiger charge is -2.06. The SMILES string of the molecule is O=C(NCc1ccccc1F)c1ccc2oc(-c3ccccn3)nc2c1. The Hall–Kier alpha value is -3.54. The van der Waals surface area contributed by atoms with Gasteiger partial charge in [0, 0.05) is 23.9 Å². The zero-order chi connectivity index (χ0) is 17.9. The number of rotatable bonds is 4. The first kappa shape index (κ1) is 16.0. The highest BCUT2D eigenvalue weighted by Crippen LogP contribution is 2.23. The lowest BCUT2D eigenvalue weighted by Crippen LogP contribution is -2.23. The third-order valence-corrected chi connectivity index (χ3v) is 3.93. The molecule has 0 atom stereocenters. The van der Waals surface area contributed by atoms with Gasteiger partial charge in [-0.3, -0.25) is 9.78 Å². The smallest absolute Gasteiger partial charge is 0.251 e. The van der Waals surface area contributed by atoms with Crippen LogP contribution in [0.1, 0.15) is 15.9 Å². The van der Waals surface area contributed by atoms with Gasteiger partial charge in [0.25, 0.3) is 5.91 Å². The predicted octanol–water partition coefficient (Wildman–Crippen LogP) is 3.96. The fraction of sp³-hybridized carbons (Fsp3) is 0.0500. The van der Waals surface area contributed by atoms with Crippen LogP contribution >= 0.6 is 0 Å². The Kier molecular flexibility index (Phi) is 4.15. The number of amides is 1. The third kappa shape index (κ3) is 3.17. The van der Waals surface area contributed by atoms with Gasteiger partial charge in [-0.2, -0.15) is 0 Å². The number of fused-ring (bicyclic) bond motifs is 1. The average molecular weight is 347 g/mol. The van der Waals surface area contributed by atoms with Gasteiger partial charge in [0.15, 0.2) is 5.58 Å². The van der Waals surface area contributed by atoms with E-state index < -0.39 is 0 Å². The number of benzene rings is 2. The highest BCUT2D eigenvalue weighted by Gasteiger charge is 2.13. The normalized spacial score (nSPS) is 10.8. The van der Waals surface area contributed by atoms with Crippen molar-refractivity contribution in [1.82, 2.24) is 15.3 Å². The zero-order valence-electron chi connectivity index (χ0n) is 13.6. The van der Waals surface area contributed by atoms with Crippen molar-refractivity contribution in [1.29, 1.82) is 0 Å². The first-order valence-electron chi connectivity index (χ1n) is 8.04. The summed E-state index contributed by atoms with van der Waals surface area (Å²) in [7, 11) is 0. The Bertz CT molecular complexity index is 1080. The van der Waals surface area contributed by atoms with Crippen LogP contribution in [0.25, 0.3) is 22.7 Å². The Balaban J connectivity index is 1.55. The van der Waals surface area contributed by atoms with E-state index >= 15 is 0 Å².